The molecule has 0 spiro atoms. The monoisotopic (exact) mass is 366 g/mol. The van der Waals surface area contributed by atoms with Gasteiger partial charge in [-0.2, -0.15) is 0 Å². The number of carbonyl (C=O) groups excluding carboxylic acids is 1. The van der Waals surface area contributed by atoms with Crippen LogP contribution in [0.2, 0.25) is 0 Å². The molecule has 1 unspecified atom stereocenters. The minimum Gasteiger partial charge on any atom is -0.388 e. The number of hydrogen-bond acceptors (Lipinski definition) is 4. The average molecular weight is 366 g/mol. The van der Waals surface area contributed by atoms with Crippen LogP contribution in [0, 0.1) is 0 Å². The molecule has 1 atom stereocenters. The molecule has 1 aliphatic rings. The van der Waals surface area contributed by atoms with E-state index in [1.165, 1.54) is 0 Å². The molecule has 26 heavy (non-hydrogen) atoms. The predicted molar refractivity (Wildman–Crippen MR) is 107 cm³/mol. The first-order chi connectivity index (χ1) is 12.6. The topological polar surface area (TPSA) is 58.2 Å². The molecule has 5 heteroatoms. The van der Waals surface area contributed by atoms with Crippen molar-refractivity contribution < 1.29 is 9.36 Å². The van der Waals surface area contributed by atoms with E-state index in [2.05, 4.69) is 10.6 Å². The fourth-order valence-electron chi connectivity index (χ4n) is 3.22. The Morgan fingerprint density at radius 1 is 0.962 bits per heavy atom. The zero-order valence-corrected chi connectivity index (χ0v) is 15.9. The number of rotatable bonds is 6. The highest BCUT2D eigenvalue weighted by atomic mass is 31.2. The summed E-state index contributed by atoms with van der Waals surface area (Å²) in [6.07, 6.45) is 6.07. The highest BCUT2D eigenvalue weighted by Crippen LogP contribution is 2.49. The van der Waals surface area contributed by atoms with Gasteiger partial charge in [-0.15, -0.1) is 0 Å². The molecule has 1 aliphatic carbocycles. The van der Waals surface area contributed by atoms with Crippen LogP contribution < -0.4 is 21.2 Å². The molecule has 0 saturated heterocycles. The molecule has 2 aromatic carbocycles. The molecular weight excluding hydrogens is 343 g/mol. The molecule has 0 radical (unpaired) electrons. The van der Waals surface area contributed by atoms with E-state index >= 15 is 0 Å². The van der Waals surface area contributed by atoms with E-state index in [9.17, 15) is 9.36 Å². The van der Waals surface area contributed by atoms with Gasteiger partial charge in [-0.25, -0.2) is 0 Å². The van der Waals surface area contributed by atoms with E-state index in [0.29, 0.717) is 17.0 Å². The van der Waals surface area contributed by atoms with Gasteiger partial charge in [-0.3, -0.25) is 4.79 Å². The molecule has 3 rings (SSSR count). The summed E-state index contributed by atoms with van der Waals surface area (Å²) in [4.78, 5) is 13.7. The highest BCUT2D eigenvalue weighted by Gasteiger charge is 2.47. The van der Waals surface area contributed by atoms with Crippen molar-refractivity contribution >= 4 is 23.3 Å². The fraction of sp³-hybridized carbons (Fsp3) is 0.190. The average Bonchev–Trinajstić information content (AvgIpc) is 2.74. The van der Waals surface area contributed by atoms with Crippen molar-refractivity contribution in [3.8, 4) is 0 Å². The Morgan fingerprint density at radius 3 is 1.88 bits per heavy atom. The summed E-state index contributed by atoms with van der Waals surface area (Å²) in [5.41, 5.74) is -0.354. The van der Waals surface area contributed by atoms with Gasteiger partial charge in [-0.1, -0.05) is 72.8 Å². The van der Waals surface area contributed by atoms with Gasteiger partial charge in [0.15, 0.2) is 0 Å². The maximum absolute atomic E-state index is 14.3. The lowest BCUT2D eigenvalue weighted by molar-refractivity contribution is -0.115. The first-order valence-electron chi connectivity index (χ1n) is 8.59. The van der Waals surface area contributed by atoms with Crippen molar-refractivity contribution in [3.63, 3.8) is 0 Å². The van der Waals surface area contributed by atoms with Gasteiger partial charge < -0.3 is 15.2 Å². The highest BCUT2D eigenvalue weighted by molar-refractivity contribution is 7.93. The maximum atomic E-state index is 14.3. The Labute approximate surface area is 154 Å². The summed E-state index contributed by atoms with van der Waals surface area (Å²) < 4.78 is 14.3. The van der Waals surface area contributed by atoms with Gasteiger partial charge in [0.25, 0.3) is 0 Å². The van der Waals surface area contributed by atoms with Crippen LogP contribution in [0.3, 0.4) is 0 Å². The molecule has 0 aromatic heterocycles. The van der Waals surface area contributed by atoms with Crippen LogP contribution in [0.1, 0.15) is 6.42 Å². The number of benzene rings is 2. The lowest BCUT2D eigenvalue weighted by atomic mass is 9.92. The Morgan fingerprint density at radius 2 is 1.50 bits per heavy atom. The summed E-state index contributed by atoms with van der Waals surface area (Å²) in [7, 11) is 0.0774. The van der Waals surface area contributed by atoms with Gasteiger partial charge in [0.1, 0.15) is 5.54 Å². The van der Waals surface area contributed by atoms with Crippen LogP contribution in [0.25, 0.3) is 0 Å². The molecule has 2 N–H and O–H groups in total. The molecule has 0 bridgehead atoms. The molecule has 0 fully saturated rings. The SMILES string of the molecule is CNC1=CCC(NC)(C(=O)P(=O)(c2ccccc2)c2ccccc2)C=C1. The second-order valence-corrected chi connectivity index (χ2v) is 8.91. The van der Waals surface area contributed by atoms with Crippen LogP contribution >= 0.6 is 7.14 Å². The quantitative estimate of drug-likeness (QED) is 0.772. The molecular formula is C21H23N2O2P. The van der Waals surface area contributed by atoms with Crippen molar-refractivity contribution in [3.05, 3.63) is 84.6 Å². The molecule has 4 nitrogen and oxygen atoms in total. The number of likely N-dealkylation sites (N-methyl/N-ethyl adjacent to an activating group) is 2. The van der Waals surface area contributed by atoms with E-state index < -0.39 is 12.7 Å². The van der Waals surface area contributed by atoms with Crippen molar-refractivity contribution in [2.24, 2.45) is 0 Å². The molecule has 0 saturated carbocycles. The first-order valence-corrected chi connectivity index (χ1v) is 10.3. The summed E-state index contributed by atoms with van der Waals surface area (Å²) >= 11 is 0. The first kappa shape index (κ1) is 18.4. The van der Waals surface area contributed by atoms with E-state index in [1.54, 1.807) is 31.3 Å². The normalized spacial score (nSPS) is 19.7. The van der Waals surface area contributed by atoms with Gasteiger partial charge in [0.05, 0.1) is 0 Å². The fourth-order valence-corrected chi connectivity index (χ4v) is 6.01. The Hall–Kier alpha value is -2.42. The number of allylic oxidation sites excluding steroid dienone is 1. The zero-order chi connectivity index (χ0) is 18.6. The van der Waals surface area contributed by atoms with E-state index in [0.717, 1.165) is 5.70 Å². The third-order valence-electron chi connectivity index (χ3n) is 4.83. The Balaban J connectivity index is 2.14. The summed E-state index contributed by atoms with van der Waals surface area (Å²) in [6.45, 7) is 0. The lowest BCUT2D eigenvalue weighted by Gasteiger charge is -2.34. The summed E-state index contributed by atoms with van der Waals surface area (Å²) in [5.74, 6) is 0. The third-order valence-corrected chi connectivity index (χ3v) is 7.86. The summed E-state index contributed by atoms with van der Waals surface area (Å²) in [5, 5.41) is 7.32. The summed E-state index contributed by atoms with van der Waals surface area (Å²) in [6, 6.07) is 18.1. The predicted octanol–water partition coefficient (Wildman–Crippen LogP) is 2.55. The zero-order valence-electron chi connectivity index (χ0n) is 15.0. The molecule has 0 amide bonds. The largest absolute Gasteiger partial charge is 0.388 e. The molecule has 0 aliphatic heterocycles. The van der Waals surface area contributed by atoms with Crippen LogP contribution in [-0.2, 0) is 9.36 Å². The minimum atomic E-state index is -3.50. The second kappa shape index (κ2) is 7.45. The van der Waals surface area contributed by atoms with Crippen LogP contribution in [0.15, 0.2) is 84.6 Å². The van der Waals surface area contributed by atoms with Crippen molar-refractivity contribution in [1.82, 2.24) is 10.6 Å². The van der Waals surface area contributed by atoms with Gasteiger partial charge in [-0.05, 0) is 19.5 Å². The van der Waals surface area contributed by atoms with Crippen molar-refractivity contribution in [2.45, 2.75) is 12.0 Å². The number of hydrogen-bond donors (Lipinski definition) is 2. The van der Waals surface area contributed by atoms with Gasteiger partial charge in [0, 0.05) is 23.4 Å². The van der Waals surface area contributed by atoms with Crippen LogP contribution in [0.4, 0.5) is 0 Å². The van der Waals surface area contributed by atoms with Gasteiger partial charge in [0.2, 0.25) is 12.7 Å². The maximum Gasteiger partial charge on any atom is 0.224 e. The lowest BCUT2D eigenvalue weighted by Crippen LogP contribution is -2.51. The van der Waals surface area contributed by atoms with Crippen LogP contribution in [0.5, 0.6) is 0 Å². The van der Waals surface area contributed by atoms with Crippen LogP contribution in [-0.4, -0.2) is 25.2 Å². The molecule has 134 valence electrons. The van der Waals surface area contributed by atoms with E-state index in [1.807, 2.05) is 61.7 Å². The van der Waals surface area contributed by atoms with E-state index in [4.69, 9.17) is 0 Å². The minimum absolute atomic E-state index is 0.299. The Bertz CT molecular complexity index is 847. The van der Waals surface area contributed by atoms with Gasteiger partial charge >= 0.3 is 0 Å². The number of carbonyl (C=O) groups is 1. The Kier molecular flexibility index (Phi) is 5.26. The van der Waals surface area contributed by atoms with Crippen molar-refractivity contribution in [1.29, 1.82) is 0 Å². The molecule has 2 aromatic rings. The smallest absolute Gasteiger partial charge is 0.224 e. The number of nitrogens with one attached hydrogen (secondary N) is 2. The second-order valence-electron chi connectivity index (χ2n) is 6.25. The standard InChI is InChI=1S/C21H23N2O2P/c1-22-17-13-15-21(23-2,16-14-17)20(24)26(25,18-9-5-3-6-10-18)19-11-7-4-8-12-19/h3-15,22-23H,16H2,1-2H3. The third kappa shape index (κ3) is 3.07. The van der Waals surface area contributed by atoms with Crippen molar-refractivity contribution in [2.75, 3.05) is 14.1 Å². The van der Waals surface area contributed by atoms with E-state index in [-0.39, 0.29) is 5.52 Å². The molecule has 0 heterocycles.